The van der Waals surface area contributed by atoms with E-state index >= 15 is 0 Å². The van der Waals surface area contributed by atoms with Crippen molar-refractivity contribution in [1.82, 2.24) is 5.32 Å². The Balaban J connectivity index is 2.78. The van der Waals surface area contributed by atoms with Crippen LogP contribution in [0.4, 0.5) is 13.2 Å². The second kappa shape index (κ2) is 4.84. The molecular weight excluding hydrogens is 233 g/mol. The summed E-state index contributed by atoms with van der Waals surface area (Å²) in [6, 6.07) is 0. The van der Waals surface area contributed by atoms with E-state index in [1.165, 1.54) is 0 Å². The van der Waals surface area contributed by atoms with Crippen LogP contribution in [0.25, 0.3) is 0 Å². The van der Waals surface area contributed by atoms with Crippen molar-refractivity contribution in [3.63, 3.8) is 0 Å². The minimum Gasteiger partial charge on any atom is -0.368 e. The van der Waals surface area contributed by atoms with Crippen LogP contribution >= 0.6 is 0 Å². The lowest BCUT2D eigenvalue weighted by Gasteiger charge is -2.41. The van der Waals surface area contributed by atoms with Crippen molar-refractivity contribution in [1.29, 1.82) is 0 Å². The molecule has 0 bridgehead atoms. The molecule has 0 aromatic rings. The predicted octanol–water partition coefficient (Wildman–Crippen LogP) is 1.82. The fourth-order valence-electron chi connectivity index (χ4n) is 2.83. The standard InChI is InChI=1S/C11H19F3N2O/c1-7-3-8(2)5-10(4-7,9(15)17)16-6-11(12,13)14/h7-8,16H,3-6H2,1-2H3,(H2,15,17). The van der Waals surface area contributed by atoms with Crippen molar-refractivity contribution in [3.05, 3.63) is 0 Å². The highest BCUT2D eigenvalue weighted by Gasteiger charge is 2.44. The number of amides is 1. The van der Waals surface area contributed by atoms with Crippen LogP contribution in [-0.4, -0.2) is 24.2 Å². The Morgan fingerprint density at radius 2 is 1.82 bits per heavy atom. The molecular formula is C11H19F3N2O. The van der Waals surface area contributed by atoms with Crippen molar-refractivity contribution in [3.8, 4) is 0 Å². The largest absolute Gasteiger partial charge is 0.401 e. The van der Waals surface area contributed by atoms with Crippen molar-refractivity contribution in [2.24, 2.45) is 17.6 Å². The van der Waals surface area contributed by atoms with Gasteiger partial charge in [-0.25, -0.2) is 0 Å². The quantitative estimate of drug-likeness (QED) is 0.805. The van der Waals surface area contributed by atoms with Crippen molar-refractivity contribution >= 4 is 5.91 Å². The highest BCUT2D eigenvalue weighted by Crippen LogP contribution is 2.36. The summed E-state index contributed by atoms with van der Waals surface area (Å²) in [5.74, 6) is -0.279. The lowest BCUT2D eigenvalue weighted by Crippen LogP contribution is -2.60. The van der Waals surface area contributed by atoms with Crippen LogP contribution in [0, 0.1) is 11.8 Å². The molecule has 0 spiro atoms. The highest BCUT2D eigenvalue weighted by molar-refractivity contribution is 5.84. The first-order valence-electron chi connectivity index (χ1n) is 5.76. The van der Waals surface area contributed by atoms with Crippen LogP contribution in [0.3, 0.4) is 0 Å². The zero-order valence-electron chi connectivity index (χ0n) is 10.1. The number of carbonyl (C=O) groups is 1. The van der Waals surface area contributed by atoms with Crippen LogP contribution in [0.5, 0.6) is 0 Å². The van der Waals surface area contributed by atoms with Crippen LogP contribution in [-0.2, 0) is 4.79 Å². The smallest absolute Gasteiger partial charge is 0.368 e. The molecule has 0 radical (unpaired) electrons. The number of halogens is 3. The van der Waals surface area contributed by atoms with Crippen molar-refractivity contribution in [2.45, 2.75) is 44.8 Å². The summed E-state index contributed by atoms with van der Waals surface area (Å²) < 4.78 is 36.7. The van der Waals surface area contributed by atoms with Crippen molar-refractivity contribution < 1.29 is 18.0 Å². The van der Waals surface area contributed by atoms with Gasteiger partial charge in [0.2, 0.25) is 5.91 Å². The third kappa shape index (κ3) is 3.87. The summed E-state index contributed by atoms with van der Waals surface area (Å²) in [7, 11) is 0. The predicted molar refractivity (Wildman–Crippen MR) is 58.2 cm³/mol. The number of rotatable bonds is 3. The summed E-state index contributed by atoms with van der Waals surface area (Å²) in [5.41, 5.74) is 4.09. The number of primary amides is 1. The van der Waals surface area contributed by atoms with Crippen LogP contribution in [0.1, 0.15) is 33.1 Å². The molecule has 1 rings (SSSR count). The first kappa shape index (κ1) is 14.3. The molecule has 1 amide bonds. The average molecular weight is 252 g/mol. The molecule has 1 fully saturated rings. The maximum Gasteiger partial charge on any atom is 0.401 e. The number of carbonyl (C=O) groups excluding carboxylic acids is 1. The lowest BCUT2D eigenvalue weighted by atomic mass is 9.71. The zero-order chi connectivity index (χ0) is 13.3. The maximum atomic E-state index is 12.2. The number of hydrogen-bond acceptors (Lipinski definition) is 2. The Hall–Kier alpha value is -0.780. The normalized spacial score (nSPS) is 34.6. The molecule has 1 saturated carbocycles. The molecule has 0 aromatic carbocycles. The number of alkyl halides is 3. The fourth-order valence-corrected chi connectivity index (χ4v) is 2.83. The van der Waals surface area contributed by atoms with Crippen LogP contribution < -0.4 is 11.1 Å². The summed E-state index contributed by atoms with van der Waals surface area (Å²) in [4.78, 5) is 11.5. The molecule has 3 nitrogen and oxygen atoms in total. The molecule has 6 heteroatoms. The van der Waals surface area contributed by atoms with E-state index in [0.717, 1.165) is 6.42 Å². The topological polar surface area (TPSA) is 55.1 Å². The van der Waals surface area contributed by atoms with E-state index in [2.05, 4.69) is 5.32 Å². The summed E-state index contributed by atoms with van der Waals surface area (Å²) >= 11 is 0. The molecule has 3 N–H and O–H groups in total. The van der Waals surface area contributed by atoms with Gasteiger partial charge in [-0.3, -0.25) is 10.1 Å². The molecule has 0 saturated heterocycles. The SMILES string of the molecule is CC1CC(C)CC(NCC(F)(F)F)(C(N)=O)C1. The molecule has 1 aliphatic rings. The average Bonchev–Trinajstić information content (AvgIpc) is 2.11. The van der Waals surface area contributed by atoms with E-state index in [1.54, 1.807) is 0 Å². The van der Waals surface area contributed by atoms with Gasteiger partial charge in [0, 0.05) is 0 Å². The number of hydrogen-bond donors (Lipinski definition) is 2. The van der Waals surface area contributed by atoms with E-state index < -0.39 is 24.2 Å². The Bertz CT molecular complexity index is 281. The lowest BCUT2D eigenvalue weighted by molar-refractivity contribution is -0.139. The Morgan fingerprint density at radius 1 is 1.35 bits per heavy atom. The van der Waals surface area contributed by atoms with Gasteiger partial charge in [-0.15, -0.1) is 0 Å². The summed E-state index contributed by atoms with van der Waals surface area (Å²) in [6.07, 6.45) is -2.65. The van der Waals surface area contributed by atoms with Gasteiger partial charge in [0.15, 0.2) is 0 Å². The Morgan fingerprint density at radius 3 is 2.18 bits per heavy atom. The third-order valence-corrected chi connectivity index (χ3v) is 3.30. The first-order chi connectivity index (χ1) is 7.65. The van der Waals surface area contributed by atoms with Gasteiger partial charge in [0.05, 0.1) is 12.1 Å². The molecule has 0 heterocycles. The first-order valence-corrected chi connectivity index (χ1v) is 5.76. The van der Waals surface area contributed by atoms with Gasteiger partial charge in [0.25, 0.3) is 0 Å². The van der Waals surface area contributed by atoms with Gasteiger partial charge in [-0.2, -0.15) is 13.2 Å². The molecule has 2 unspecified atom stereocenters. The monoisotopic (exact) mass is 252 g/mol. The zero-order valence-corrected chi connectivity index (χ0v) is 10.1. The van der Waals surface area contributed by atoms with Gasteiger partial charge in [0.1, 0.15) is 0 Å². The molecule has 0 aromatic heterocycles. The van der Waals surface area contributed by atoms with Crippen LogP contribution in [0.15, 0.2) is 0 Å². The summed E-state index contributed by atoms with van der Waals surface area (Å²) in [5, 5.41) is 2.34. The second-order valence-corrected chi connectivity index (χ2v) is 5.27. The van der Waals surface area contributed by atoms with Crippen LogP contribution in [0.2, 0.25) is 0 Å². The van der Waals surface area contributed by atoms with E-state index in [1.807, 2.05) is 13.8 Å². The molecule has 17 heavy (non-hydrogen) atoms. The van der Waals surface area contributed by atoms with E-state index in [9.17, 15) is 18.0 Å². The maximum absolute atomic E-state index is 12.2. The van der Waals surface area contributed by atoms with Gasteiger partial charge < -0.3 is 5.73 Å². The van der Waals surface area contributed by atoms with E-state index in [4.69, 9.17) is 5.73 Å². The minimum absolute atomic E-state index is 0.201. The van der Waals surface area contributed by atoms with Crippen molar-refractivity contribution in [2.75, 3.05) is 6.54 Å². The minimum atomic E-state index is -4.33. The molecule has 2 atom stereocenters. The second-order valence-electron chi connectivity index (χ2n) is 5.27. The number of nitrogens with two attached hydrogens (primary N) is 1. The third-order valence-electron chi connectivity index (χ3n) is 3.30. The Labute approximate surface area is 98.9 Å². The van der Waals surface area contributed by atoms with E-state index in [0.29, 0.717) is 12.8 Å². The summed E-state index contributed by atoms with van der Waals surface area (Å²) in [6.45, 7) is 2.70. The highest BCUT2D eigenvalue weighted by atomic mass is 19.4. The van der Waals surface area contributed by atoms with Gasteiger partial charge in [-0.05, 0) is 31.1 Å². The van der Waals surface area contributed by atoms with Gasteiger partial charge >= 0.3 is 6.18 Å². The number of nitrogens with one attached hydrogen (secondary N) is 1. The molecule has 0 aliphatic heterocycles. The molecule has 1 aliphatic carbocycles. The van der Waals surface area contributed by atoms with E-state index in [-0.39, 0.29) is 11.8 Å². The van der Waals surface area contributed by atoms with Gasteiger partial charge in [-0.1, -0.05) is 13.8 Å². The molecule has 100 valence electrons. The fraction of sp³-hybridized carbons (Fsp3) is 0.909. The Kier molecular flexibility index (Phi) is 4.06.